The number of benzene rings is 2. The molecule has 2 aromatic carbocycles. The largest absolute Gasteiger partial charge is 0.481 e. The fourth-order valence-electron chi connectivity index (χ4n) is 2.79. The van der Waals surface area contributed by atoms with Gasteiger partial charge in [0.2, 0.25) is 5.82 Å². The number of tetrazole rings is 1. The Labute approximate surface area is 195 Å². The smallest absolute Gasteiger partial charge is 0.407 e. The van der Waals surface area contributed by atoms with Crippen molar-refractivity contribution in [3.8, 4) is 22.9 Å². The molecule has 174 valence electrons. The van der Waals surface area contributed by atoms with Crippen molar-refractivity contribution < 1.29 is 24.2 Å². The number of hydrogen-bond donors (Lipinski definition) is 2. The fourth-order valence-corrected chi connectivity index (χ4v) is 2.92. The van der Waals surface area contributed by atoms with E-state index in [2.05, 4.69) is 20.7 Å². The second-order valence-electron chi connectivity index (χ2n) is 8.19. The molecule has 33 heavy (non-hydrogen) atoms. The van der Waals surface area contributed by atoms with Crippen LogP contribution in [0.5, 0.6) is 11.5 Å². The van der Waals surface area contributed by atoms with Gasteiger partial charge in [0.15, 0.2) is 0 Å². The first kappa shape index (κ1) is 24.0. The maximum Gasteiger partial charge on any atom is 0.407 e. The third-order valence-electron chi connectivity index (χ3n) is 4.14. The molecule has 1 unspecified atom stereocenters. The van der Waals surface area contributed by atoms with Gasteiger partial charge in [-0.25, -0.2) is 4.79 Å². The summed E-state index contributed by atoms with van der Waals surface area (Å²) in [7, 11) is 0. The molecule has 0 radical (unpaired) electrons. The fraction of sp³-hybridized carbons (Fsp3) is 0.318. The Kier molecular flexibility index (Phi) is 7.49. The molecule has 11 heteroatoms. The molecule has 10 nitrogen and oxygen atoms in total. The number of carboxylic acid groups (broad SMARTS) is 1. The minimum absolute atomic E-state index is 0.0102. The quantitative estimate of drug-likeness (QED) is 0.499. The minimum atomic E-state index is -1.08. The molecule has 0 spiro atoms. The van der Waals surface area contributed by atoms with Gasteiger partial charge in [-0.3, -0.25) is 4.79 Å². The van der Waals surface area contributed by atoms with Crippen molar-refractivity contribution in [1.29, 1.82) is 0 Å². The molecule has 3 rings (SSSR count). The first-order chi connectivity index (χ1) is 15.6. The molecule has 1 amide bonds. The lowest BCUT2D eigenvalue weighted by Crippen LogP contribution is -2.42. The minimum Gasteiger partial charge on any atom is -0.481 e. The second-order valence-corrected chi connectivity index (χ2v) is 8.63. The number of nitrogens with zero attached hydrogens (tertiary/aromatic N) is 4. The van der Waals surface area contributed by atoms with E-state index in [0.717, 1.165) is 0 Å². The monoisotopic (exact) mass is 473 g/mol. The van der Waals surface area contributed by atoms with E-state index in [-0.39, 0.29) is 13.0 Å². The highest BCUT2D eigenvalue weighted by Gasteiger charge is 2.22. The molecule has 1 aromatic heterocycles. The number of aromatic nitrogens is 4. The number of hydrogen-bond acceptors (Lipinski definition) is 7. The molecule has 2 N–H and O–H groups in total. The predicted molar refractivity (Wildman–Crippen MR) is 120 cm³/mol. The SMILES string of the molecule is CC(C)(C)OC(=O)NC(CC(=O)O)Cn1nnc(-c2ccc(Oc3ccc(Cl)cc3)cc2)n1. The Morgan fingerprint density at radius 2 is 1.70 bits per heavy atom. The van der Waals surface area contributed by atoms with Crippen molar-refractivity contribution in [1.82, 2.24) is 25.5 Å². The zero-order valence-electron chi connectivity index (χ0n) is 18.4. The number of ether oxygens (including phenoxy) is 2. The number of rotatable bonds is 8. The normalized spacial score (nSPS) is 12.1. The van der Waals surface area contributed by atoms with Gasteiger partial charge in [0, 0.05) is 10.6 Å². The number of carbonyl (C=O) groups is 2. The number of carboxylic acids is 1. The van der Waals surface area contributed by atoms with E-state index in [1.165, 1.54) is 4.80 Å². The van der Waals surface area contributed by atoms with Crippen LogP contribution < -0.4 is 10.1 Å². The summed E-state index contributed by atoms with van der Waals surface area (Å²) in [5, 5.41) is 24.6. The molecule has 1 atom stereocenters. The third-order valence-corrected chi connectivity index (χ3v) is 4.39. The van der Waals surface area contributed by atoms with E-state index in [9.17, 15) is 9.59 Å². The number of alkyl carbamates (subject to hydrolysis) is 1. The summed E-state index contributed by atoms with van der Waals surface area (Å²) in [6, 6.07) is 13.3. The molecule has 1 heterocycles. The average molecular weight is 474 g/mol. The summed E-state index contributed by atoms with van der Waals surface area (Å²) in [6.07, 6.45) is -1.04. The Morgan fingerprint density at radius 3 is 2.27 bits per heavy atom. The van der Waals surface area contributed by atoms with Crippen LogP contribution in [0.15, 0.2) is 48.5 Å². The zero-order chi connectivity index (χ0) is 24.0. The van der Waals surface area contributed by atoms with Crippen LogP contribution in [-0.2, 0) is 16.1 Å². The molecule has 0 saturated carbocycles. The summed E-state index contributed by atoms with van der Waals surface area (Å²) in [4.78, 5) is 24.5. The Hall–Kier alpha value is -3.66. The van der Waals surface area contributed by atoms with Gasteiger partial charge < -0.3 is 19.9 Å². The van der Waals surface area contributed by atoms with E-state index >= 15 is 0 Å². The number of aliphatic carboxylic acids is 1. The topological polar surface area (TPSA) is 128 Å². The molecule has 0 aliphatic rings. The number of amides is 1. The lowest BCUT2D eigenvalue weighted by Gasteiger charge is -2.22. The van der Waals surface area contributed by atoms with E-state index in [0.29, 0.717) is 27.9 Å². The molecule has 0 saturated heterocycles. The lowest BCUT2D eigenvalue weighted by molar-refractivity contribution is -0.137. The van der Waals surface area contributed by atoms with Crippen molar-refractivity contribution >= 4 is 23.7 Å². The third kappa shape index (κ3) is 7.76. The molecule has 0 fully saturated rings. The molecule has 0 bridgehead atoms. The average Bonchev–Trinajstić information content (AvgIpc) is 3.16. The molecule has 0 aliphatic heterocycles. The van der Waals surface area contributed by atoms with Crippen LogP contribution in [-0.4, -0.2) is 49.0 Å². The number of carbonyl (C=O) groups excluding carboxylic acids is 1. The number of nitrogens with one attached hydrogen (secondary N) is 1. The van der Waals surface area contributed by atoms with Gasteiger partial charge >= 0.3 is 12.1 Å². The van der Waals surface area contributed by atoms with Gasteiger partial charge in [0.05, 0.1) is 19.0 Å². The molecular formula is C22H24ClN5O5. The maximum atomic E-state index is 12.0. The summed E-state index contributed by atoms with van der Waals surface area (Å²) in [5.41, 5.74) is -0.0143. The highest BCUT2D eigenvalue weighted by molar-refractivity contribution is 6.30. The van der Waals surface area contributed by atoms with Crippen molar-refractivity contribution in [2.45, 2.75) is 45.4 Å². The van der Waals surface area contributed by atoms with E-state index in [4.69, 9.17) is 26.2 Å². The first-order valence-electron chi connectivity index (χ1n) is 10.1. The van der Waals surface area contributed by atoms with Crippen LogP contribution >= 0.6 is 11.6 Å². The second kappa shape index (κ2) is 10.3. The zero-order valence-corrected chi connectivity index (χ0v) is 19.1. The van der Waals surface area contributed by atoms with E-state index in [1.807, 2.05) is 0 Å². The summed E-state index contributed by atoms with van der Waals surface area (Å²) < 4.78 is 11.0. The maximum absolute atomic E-state index is 12.0. The van der Waals surface area contributed by atoms with Crippen LogP contribution in [0, 0.1) is 0 Å². The van der Waals surface area contributed by atoms with Gasteiger partial charge in [-0.2, -0.15) is 4.80 Å². The van der Waals surface area contributed by atoms with Crippen molar-refractivity contribution in [3.05, 3.63) is 53.6 Å². The Balaban J connectivity index is 1.65. The molecule has 3 aromatic rings. The van der Waals surface area contributed by atoms with Gasteiger partial charge in [0.25, 0.3) is 0 Å². The van der Waals surface area contributed by atoms with Crippen LogP contribution in [0.3, 0.4) is 0 Å². The molecular weight excluding hydrogens is 450 g/mol. The van der Waals surface area contributed by atoms with Crippen molar-refractivity contribution in [2.24, 2.45) is 0 Å². The van der Waals surface area contributed by atoms with Crippen LogP contribution in [0.4, 0.5) is 4.79 Å². The van der Waals surface area contributed by atoms with Gasteiger partial charge in [-0.05, 0) is 74.5 Å². The number of halogens is 1. The van der Waals surface area contributed by atoms with E-state index < -0.39 is 23.7 Å². The van der Waals surface area contributed by atoms with Crippen LogP contribution in [0.1, 0.15) is 27.2 Å². The van der Waals surface area contributed by atoms with Crippen LogP contribution in [0.25, 0.3) is 11.4 Å². The Bertz CT molecular complexity index is 1090. The standard InChI is InChI=1S/C22H24ClN5O5/c1-22(2,3)33-21(31)24-16(12-19(29)30)13-28-26-20(25-27-28)14-4-8-17(9-5-14)32-18-10-6-15(23)7-11-18/h4-11,16H,12-13H2,1-3H3,(H,24,31)(H,29,30). The van der Waals surface area contributed by atoms with E-state index in [1.54, 1.807) is 69.3 Å². The first-order valence-corrected chi connectivity index (χ1v) is 10.5. The Morgan fingerprint density at radius 1 is 1.09 bits per heavy atom. The highest BCUT2D eigenvalue weighted by atomic mass is 35.5. The van der Waals surface area contributed by atoms with Gasteiger partial charge in [-0.1, -0.05) is 11.6 Å². The van der Waals surface area contributed by atoms with Crippen molar-refractivity contribution in [2.75, 3.05) is 0 Å². The summed E-state index contributed by atoms with van der Waals surface area (Å²) >= 11 is 5.88. The van der Waals surface area contributed by atoms with Crippen molar-refractivity contribution in [3.63, 3.8) is 0 Å². The summed E-state index contributed by atoms with van der Waals surface area (Å²) in [6.45, 7) is 5.16. The van der Waals surface area contributed by atoms with Gasteiger partial charge in [-0.15, -0.1) is 10.2 Å². The lowest BCUT2D eigenvalue weighted by atomic mass is 10.2. The van der Waals surface area contributed by atoms with Crippen LogP contribution in [0.2, 0.25) is 5.02 Å². The highest BCUT2D eigenvalue weighted by Crippen LogP contribution is 2.25. The summed E-state index contributed by atoms with van der Waals surface area (Å²) in [5.74, 6) is 0.543. The molecule has 0 aliphatic carbocycles. The van der Waals surface area contributed by atoms with Gasteiger partial charge in [0.1, 0.15) is 17.1 Å². The predicted octanol–water partition coefficient (Wildman–Crippen LogP) is 4.15.